The van der Waals surface area contributed by atoms with Crippen LogP contribution in [-0.2, 0) is 26.2 Å². The molecule has 9 nitrogen and oxygen atoms in total. The molecular formula is C28H29Cl2N3O6S. The van der Waals surface area contributed by atoms with Crippen LogP contribution in [0.1, 0.15) is 19.4 Å². The number of hydrogen-bond donors (Lipinski definition) is 1. The van der Waals surface area contributed by atoms with Gasteiger partial charge in [0.2, 0.25) is 11.8 Å². The molecule has 12 heteroatoms. The largest absolute Gasteiger partial charge is 0.486 e. The van der Waals surface area contributed by atoms with E-state index in [2.05, 4.69) is 5.32 Å². The van der Waals surface area contributed by atoms with Crippen LogP contribution in [0, 0.1) is 0 Å². The second kappa shape index (κ2) is 12.8. The van der Waals surface area contributed by atoms with Crippen LogP contribution in [0.5, 0.6) is 11.5 Å². The molecule has 40 heavy (non-hydrogen) atoms. The lowest BCUT2D eigenvalue weighted by molar-refractivity contribution is -0.139. The van der Waals surface area contributed by atoms with Gasteiger partial charge in [0.25, 0.3) is 10.0 Å². The smallest absolute Gasteiger partial charge is 0.264 e. The Morgan fingerprint density at radius 2 is 1.68 bits per heavy atom. The fourth-order valence-corrected chi connectivity index (χ4v) is 6.07. The third-order valence-electron chi connectivity index (χ3n) is 6.30. The molecule has 0 bridgehead atoms. The number of ether oxygens (including phenoxy) is 2. The van der Waals surface area contributed by atoms with E-state index >= 15 is 0 Å². The Morgan fingerprint density at radius 1 is 0.975 bits per heavy atom. The van der Waals surface area contributed by atoms with Gasteiger partial charge in [0.1, 0.15) is 25.8 Å². The minimum Gasteiger partial charge on any atom is -0.486 e. The van der Waals surface area contributed by atoms with Crippen LogP contribution in [0.3, 0.4) is 0 Å². The molecule has 0 unspecified atom stereocenters. The lowest BCUT2D eigenvalue weighted by Crippen LogP contribution is -2.51. The van der Waals surface area contributed by atoms with Gasteiger partial charge >= 0.3 is 0 Å². The summed E-state index contributed by atoms with van der Waals surface area (Å²) in [5.74, 6) is -0.163. The Hall–Kier alpha value is -3.47. The molecule has 0 aromatic heterocycles. The van der Waals surface area contributed by atoms with Crippen LogP contribution in [0.15, 0.2) is 71.6 Å². The maximum absolute atomic E-state index is 13.9. The summed E-state index contributed by atoms with van der Waals surface area (Å²) in [6, 6.07) is 16.4. The molecule has 0 aliphatic carbocycles. The average molecular weight is 607 g/mol. The topological polar surface area (TPSA) is 105 Å². The lowest BCUT2D eigenvalue weighted by atomic mass is 10.1. The van der Waals surface area contributed by atoms with Crippen LogP contribution >= 0.6 is 23.2 Å². The average Bonchev–Trinajstić information content (AvgIpc) is 2.95. The van der Waals surface area contributed by atoms with Crippen LogP contribution in [0.2, 0.25) is 10.0 Å². The van der Waals surface area contributed by atoms with E-state index in [0.29, 0.717) is 46.9 Å². The predicted molar refractivity (Wildman–Crippen MR) is 154 cm³/mol. The Bertz CT molecular complexity index is 1490. The highest BCUT2D eigenvalue weighted by atomic mass is 35.5. The van der Waals surface area contributed by atoms with Crippen LogP contribution in [0.4, 0.5) is 5.69 Å². The summed E-state index contributed by atoms with van der Waals surface area (Å²) >= 11 is 12.4. The van der Waals surface area contributed by atoms with E-state index in [1.807, 2.05) is 0 Å². The summed E-state index contributed by atoms with van der Waals surface area (Å²) in [7, 11) is -4.21. The molecule has 212 valence electrons. The number of rotatable bonds is 10. The Morgan fingerprint density at radius 3 is 2.35 bits per heavy atom. The van der Waals surface area contributed by atoms with E-state index in [1.165, 1.54) is 23.1 Å². The van der Waals surface area contributed by atoms with Crippen molar-refractivity contribution in [2.75, 3.05) is 30.6 Å². The molecule has 3 aromatic carbocycles. The number of sulfonamides is 1. The predicted octanol–water partition coefficient (Wildman–Crippen LogP) is 4.51. The molecule has 0 fully saturated rings. The number of likely N-dealkylation sites (N-methyl/N-ethyl adjacent to an activating group) is 1. The SMILES string of the molecule is CCNC(=O)[C@@H](C)N(Cc1ccc(Cl)cc1Cl)C(=O)CN(c1ccc2c(c1)OCCO2)S(=O)(=O)c1ccccc1. The highest BCUT2D eigenvalue weighted by molar-refractivity contribution is 7.92. The molecule has 3 aromatic rings. The third kappa shape index (κ3) is 6.63. The first-order chi connectivity index (χ1) is 19.1. The van der Waals surface area contributed by atoms with Crippen molar-refractivity contribution in [1.29, 1.82) is 0 Å². The summed E-state index contributed by atoms with van der Waals surface area (Å²) in [4.78, 5) is 28.1. The number of amides is 2. The van der Waals surface area contributed by atoms with E-state index < -0.39 is 34.4 Å². The quantitative estimate of drug-likeness (QED) is 0.364. The van der Waals surface area contributed by atoms with Crippen LogP contribution in [0.25, 0.3) is 0 Å². The molecule has 4 rings (SSSR count). The second-order valence-electron chi connectivity index (χ2n) is 8.98. The van der Waals surface area contributed by atoms with Crippen molar-refractivity contribution >= 4 is 50.7 Å². The van der Waals surface area contributed by atoms with Gasteiger partial charge in [0.15, 0.2) is 11.5 Å². The number of benzene rings is 3. The van der Waals surface area contributed by atoms with Crippen LogP contribution < -0.4 is 19.1 Å². The summed E-state index contributed by atoms with van der Waals surface area (Å²) < 4.78 is 40.0. The number of hydrogen-bond acceptors (Lipinski definition) is 6. The van der Waals surface area contributed by atoms with Crippen molar-refractivity contribution in [2.45, 2.75) is 31.3 Å². The third-order valence-corrected chi connectivity index (χ3v) is 8.67. The van der Waals surface area contributed by atoms with E-state index in [0.717, 1.165) is 4.31 Å². The standard InChI is InChI=1S/C28H29Cl2N3O6S/c1-3-31-28(35)19(2)32(17-20-9-10-21(29)15-24(20)30)27(34)18-33(40(36,37)23-7-5-4-6-8-23)22-11-12-25-26(16-22)39-14-13-38-25/h4-12,15-16,19H,3,13-14,17-18H2,1-2H3,(H,31,35)/t19-/m1/s1. The van der Waals surface area contributed by atoms with Crippen molar-refractivity contribution in [3.05, 3.63) is 82.3 Å². The van der Waals surface area contributed by atoms with Gasteiger partial charge in [0, 0.05) is 29.2 Å². The summed E-state index contributed by atoms with van der Waals surface area (Å²) in [5, 5.41) is 3.45. The molecule has 0 saturated heterocycles. The van der Waals surface area contributed by atoms with E-state index in [1.54, 1.807) is 62.4 Å². The van der Waals surface area contributed by atoms with Crippen molar-refractivity contribution in [1.82, 2.24) is 10.2 Å². The second-order valence-corrected chi connectivity index (χ2v) is 11.7. The minimum atomic E-state index is -4.21. The monoisotopic (exact) mass is 605 g/mol. The van der Waals surface area contributed by atoms with Gasteiger partial charge in [-0.15, -0.1) is 0 Å². The number of nitrogens with one attached hydrogen (secondary N) is 1. The zero-order chi connectivity index (χ0) is 28.9. The number of anilines is 1. The van der Waals surface area contributed by atoms with Gasteiger partial charge < -0.3 is 19.7 Å². The van der Waals surface area contributed by atoms with E-state index in [-0.39, 0.29) is 17.1 Å². The van der Waals surface area contributed by atoms with Gasteiger partial charge in [-0.2, -0.15) is 0 Å². The Kier molecular flexibility index (Phi) is 9.44. The fraction of sp³-hybridized carbons (Fsp3) is 0.286. The lowest BCUT2D eigenvalue weighted by Gasteiger charge is -2.32. The highest BCUT2D eigenvalue weighted by Gasteiger charge is 2.33. The van der Waals surface area contributed by atoms with Gasteiger partial charge in [-0.25, -0.2) is 8.42 Å². The zero-order valence-electron chi connectivity index (χ0n) is 22.0. The number of fused-ring (bicyclic) bond motifs is 1. The van der Waals surface area contributed by atoms with Crippen molar-refractivity contribution in [3.8, 4) is 11.5 Å². The molecule has 1 atom stereocenters. The van der Waals surface area contributed by atoms with Crippen LogP contribution in [-0.4, -0.2) is 57.5 Å². The summed E-state index contributed by atoms with van der Waals surface area (Å²) in [6.07, 6.45) is 0. The van der Waals surface area contributed by atoms with Crippen molar-refractivity contribution in [2.24, 2.45) is 0 Å². The summed E-state index contributed by atoms with van der Waals surface area (Å²) in [6.45, 7) is 3.74. The normalized spacial score (nSPS) is 13.3. The van der Waals surface area contributed by atoms with Gasteiger partial charge in [-0.3, -0.25) is 13.9 Å². The molecule has 0 saturated carbocycles. The number of carbonyl (C=O) groups is 2. The molecule has 0 radical (unpaired) electrons. The van der Waals surface area contributed by atoms with Gasteiger partial charge in [-0.05, 0) is 55.8 Å². The van der Waals surface area contributed by atoms with E-state index in [9.17, 15) is 18.0 Å². The molecule has 1 heterocycles. The first-order valence-electron chi connectivity index (χ1n) is 12.6. The highest BCUT2D eigenvalue weighted by Crippen LogP contribution is 2.36. The number of halogens is 2. The first kappa shape index (κ1) is 29.5. The summed E-state index contributed by atoms with van der Waals surface area (Å²) in [5.41, 5.74) is 0.754. The Labute approximate surface area is 243 Å². The first-order valence-corrected chi connectivity index (χ1v) is 14.8. The number of nitrogens with zero attached hydrogens (tertiary/aromatic N) is 2. The van der Waals surface area contributed by atoms with Gasteiger partial charge in [-0.1, -0.05) is 47.5 Å². The molecule has 1 aliphatic heterocycles. The molecule has 2 amide bonds. The number of carbonyl (C=O) groups excluding carboxylic acids is 2. The molecule has 0 spiro atoms. The minimum absolute atomic E-state index is 0.00163. The maximum atomic E-state index is 13.9. The molecule has 1 aliphatic rings. The van der Waals surface area contributed by atoms with E-state index in [4.69, 9.17) is 32.7 Å². The van der Waals surface area contributed by atoms with Gasteiger partial charge in [0.05, 0.1) is 10.6 Å². The van der Waals surface area contributed by atoms with Crippen molar-refractivity contribution < 1.29 is 27.5 Å². The Balaban J connectivity index is 1.74. The molecule has 1 N–H and O–H groups in total. The molecular weight excluding hydrogens is 577 g/mol. The fourth-order valence-electron chi connectivity index (χ4n) is 4.17. The zero-order valence-corrected chi connectivity index (χ0v) is 24.3. The maximum Gasteiger partial charge on any atom is 0.264 e. The van der Waals surface area contributed by atoms with Crippen molar-refractivity contribution in [3.63, 3.8) is 0 Å².